The largest absolute Gasteiger partial charge is 0.504 e. The van der Waals surface area contributed by atoms with Crippen molar-refractivity contribution >= 4 is 22.6 Å². The highest BCUT2D eigenvalue weighted by Crippen LogP contribution is 2.45. The van der Waals surface area contributed by atoms with E-state index in [2.05, 4.69) is 10.1 Å². The lowest BCUT2D eigenvalue weighted by Gasteiger charge is -2.21. The van der Waals surface area contributed by atoms with E-state index in [9.17, 15) is 15.0 Å². The van der Waals surface area contributed by atoms with Gasteiger partial charge in [0.2, 0.25) is 0 Å². The Balaban J connectivity index is 2.19. The molecule has 0 saturated carbocycles. The second-order valence-corrected chi connectivity index (χ2v) is 6.82. The number of hydrogen-bond acceptors (Lipinski definition) is 5. The molecule has 2 aromatic rings. The fourth-order valence-corrected chi connectivity index (χ4v) is 3.61. The monoisotopic (exact) mass is 319 g/mol. The molecule has 7 heteroatoms. The molecule has 0 fully saturated rings. The van der Waals surface area contributed by atoms with E-state index in [4.69, 9.17) is 0 Å². The maximum atomic E-state index is 12.4. The zero-order chi connectivity index (χ0) is 16.0. The summed E-state index contributed by atoms with van der Waals surface area (Å²) in [5.74, 6) is 0.261. The Labute approximate surface area is 131 Å². The van der Waals surface area contributed by atoms with Gasteiger partial charge in [0.05, 0.1) is 15.9 Å². The van der Waals surface area contributed by atoms with E-state index in [-0.39, 0.29) is 28.4 Å². The van der Waals surface area contributed by atoms with Crippen LogP contribution in [-0.4, -0.2) is 25.0 Å². The van der Waals surface area contributed by atoms with Crippen molar-refractivity contribution in [1.29, 1.82) is 0 Å². The summed E-state index contributed by atoms with van der Waals surface area (Å²) in [6, 6.07) is 4.72. The first-order chi connectivity index (χ1) is 10.4. The summed E-state index contributed by atoms with van der Waals surface area (Å²) in [7, 11) is 0. The highest BCUT2D eigenvalue weighted by molar-refractivity contribution is 8.14. The summed E-state index contributed by atoms with van der Waals surface area (Å²) in [4.78, 5) is 16.9. The minimum atomic E-state index is -0.261. The fourth-order valence-electron chi connectivity index (χ4n) is 2.52. The zero-order valence-corrected chi connectivity index (χ0v) is 13.3. The van der Waals surface area contributed by atoms with Crippen LogP contribution in [0.2, 0.25) is 0 Å². The number of H-pyrrole nitrogens is 1. The molecule has 0 amide bonds. The average Bonchev–Trinajstić information content (AvgIpc) is 2.78. The molecule has 0 bridgehead atoms. The van der Waals surface area contributed by atoms with Gasteiger partial charge in [-0.25, -0.2) is 4.99 Å². The van der Waals surface area contributed by atoms with E-state index >= 15 is 0 Å². The summed E-state index contributed by atoms with van der Waals surface area (Å²) >= 11 is 1.46. The molecule has 1 aromatic heterocycles. The van der Waals surface area contributed by atoms with Gasteiger partial charge in [0.15, 0.2) is 17.3 Å². The number of rotatable bonds is 2. The molecule has 1 aromatic carbocycles. The van der Waals surface area contributed by atoms with Gasteiger partial charge in [-0.2, -0.15) is 0 Å². The summed E-state index contributed by atoms with van der Waals surface area (Å²) < 4.78 is 1.76. The molecule has 1 aliphatic rings. The van der Waals surface area contributed by atoms with Crippen LogP contribution in [0.1, 0.15) is 43.2 Å². The molecule has 1 aliphatic heterocycles. The van der Waals surface area contributed by atoms with Gasteiger partial charge in [-0.1, -0.05) is 17.8 Å². The third kappa shape index (κ3) is 2.31. The number of fused-ring (bicyclic) bond motifs is 1. The Hall–Kier alpha value is -2.15. The van der Waals surface area contributed by atoms with Gasteiger partial charge in [-0.3, -0.25) is 14.6 Å². The van der Waals surface area contributed by atoms with Gasteiger partial charge < -0.3 is 10.2 Å². The van der Waals surface area contributed by atoms with Gasteiger partial charge in [0, 0.05) is 6.04 Å². The van der Waals surface area contributed by atoms with E-state index in [1.54, 1.807) is 10.7 Å². The molecule has 0 spiro atoms. The van der Waals surface area contributed by atoms with Crippen molar-refractivity contribution in [3.8, 4) is 11.5 Å². The van der Waals surface area contributed by atoms with Gasteiger partial charge in [0.1, 0.15) is 0 Å². The highest BCUT2D eigenvalue weighted by atomic mass is 32.2. The first-order valence-electron chi connectivity index (χ1n) is 6.96. The Morgan fingerprint density at radius 2 is 2.05 bits per heavy atom. The van der Waals surface area contributed by atoms with Gasteiger partial charge >= 0.3 is 0 Å². The number of aromatic nitrogens is 2. The molecule has 0 saturated heterocycles. The van der Waals surface area contributed by atoms with Crippen LogP contribution in [-0.2, 0) is 0 Å². The SMILES string of the molecule is CC1=Nc2c(c(=O)[nH]n2C(C)C)[C@@H](c2ccc(O)c(O)c2)S1. The predicted octanol–water partition coefficient (Wildman–Crippen LogP) is 3.05. The Kier molecular flexibility index (Phi) is 3.52. The van der Waals surface area contributed by atoms with Crippen molar-refractivity contribution in [1.82, 2.24) is 9.78 Å². The fraction of sp³-hybridized carbons (Fsp3) is 0.333. The molecule has 22 heavy (non-hydrogen) atoms. The number of hydrogen-bond donors (Lipinski definition) is 3. The number of nitrogens with one attached hydrogen (secondary N) is 1. The van der Waals surface area contributed by atoms with Gasteiger partial charge in [0.25, 0.3) is 5.56 Å². The third-order valence-electron chi connectivity index (χ3n) is 3.57. The second kappa shape index (κ2) is 5.24. The Morgan fingerprint density at radius 3 is 2.68 bits per heavy atom. The Morgan fingerprint density at radius 1 is 1.32 bits per heavy atom. The second-order valence-electron chi connectivity index (χ2n) is 5.52. The van der Waals surface area contributed by atoms with Crippen LogP contribution in [0, 0.1) is 0 Å². The quantitative estimate of drug-likeness (QED) is 0.742. The Bertz CT molecular complexity index is 820. The number of aromatic hydroxyl groups is 2. The lowest BCUT2D eigenvalue weighted by molar-refractivity contribution is 0.403. The van der Waals surface area contributed by atoms with Crippen molar-refractivity contribution in [2.75, 3.05) is 0 Å². The average molecular weight is 319 g/mol. The lowest BCUT2D eigenvalue weighted by atomic mass is 10.1. The van der Waals surface area contributed by atoms with Crippen molar-refractivity contribution in [3.63, 3.8) is 0 Å². The van der Waals surface area contributed by atoms with E-state index in [0.29, 0.717) is 11.4 Å². The molecule has 1 atom stereocenters. The number of aromatic amines is 1. The summed E-state index contributed by atoms with van der Waals surface area (Å²) in [6.45, 7) is 5.84. The number of nitrogens with zero attached hydrogens (tertiary/aromatic N) is 2. The zero-order valence-electron chi connectivity index (χ0n) is 12.5. The molecule has 3 N–H and O–H groups in total. The van der Waals surface area contributed by atoms with Crippen LogP contribution in [0.3, 0.4) is 0 Å². The number of benzene rings is 1. The molecule has 0 aliphatic carbocycles. The summed E-state index contributed by atoms with van der Waals surface area (Å²) in [5.41, 5.74) is 1.15. The topological polar surface area (TPSA) is 90.6 Å². The molecule has 2 heterocycles. The van der Waals surface area contributed by atoms with Crippen LogP contribution < -0.4 is 5.56 Å². The summed E-state index contributed by atoms with van der Waals surface area (Å²) in [6.07, 6.45) is 0. The number of aliphatic imine (C=N–C) groups is 1. The third-order valence-corrected chi connectivity index (χ3v) is 4.74. The molecular weight excluding hydrogens is 302 g/mol. The van der Waals surface area contributed by atoms with Gasteiger partial charge in [-0.05, 0) is 38.5 Å². The number of phenolic OH excluding ortho intramolecular Hbond substituents is 2. The molecule has 6 nitrogen and oxygen atoms in total. The van der Waals surface area contributed by atoms with Crippen LogP contribution in [0.5, 0.6) is 11.5 Å². The molecule has 3 rings (SSSR count). The lowest BCUT2D eigenvalue weighted by Crippen LogP contribution is -2.13. The van der Waals surface area contributed by atoms with Crippen LogP contribution in [0.15, 0.2) is 28.0 Å². The van der Waals surface area contributed by atoms with Crippen molar-refractivity contribution in [3.05, 3.63) is 39.7 Å². The summed E-state index contributed by atoms with van der Waals surface area (Å²) in [5, 5.41) is 22.6. The van der Waals surface area contributed by atoms with E-state index in [1.807, 2.05) is 20.8 Å². The molecule has 0 unspecified atom stereocenters. The normalized spacial score (nSPS) is 17.5. The van der Waals surface area contributed by atoms with E-state index in [0.717, 1.165) is 10.6 Å². The van der Waals surface area contributed by atoms with E-state index in [1.165, 1.54) is 23.9 Å². The van der Waals surface area contributed by atoms with Crippen LogP contribution in [0.4, 0.5) is 5.82 Å². The minimum Gasteiger partial charge on any atom is -0.504 e. The van der Waals surface area contributed by atoms with Crippen LogP contribution in [0.25, 0.3) is 0 Å². The first-order valence-corrected chi connectivity index (χ1v) is 7.84. The van der Waals surface area contributed by atoms with Crippen molar-refractivity contribution in [2.24, 2.45) is 4.99 Å². The van der Waals surface area contributed by atoms with Crippen molar-refractivity contribution < 1.29 is 10.2 Å². The van der Waals surface area contributed by atoms with Gasteiger partial charge in [-0.15, -0.1) is 0 Å². The molecule has 116 valence electrons. The molecular formula is C15H17N3O3S. The maximum absolute atomic E-state index is 12.4. The number of thioether (sulfide) groups is 1. The van der Waals surface area contributed by atoms with Crippen molar-refractivity contribution in [2.45, 2.75) is 32.1 Å². The smallest absolute Gasteiger partial charge is 0.271 e. The number of phenols is 2. The highest BCUT2D eigenvalue weighted by Gasteiger charge is 2.30. The molecule has 0 radical (unpaired) electrons. The standard InChI is InChI=1S/C15H17N3O3S/c1-7(2)18-14-12(15(21)17-18)13(22-8(3)16-14)9-4-5-10(19)11(20)6-9/h4-7,13,19-20H,1-3H3,(H,17,21)/t13-/m1/s1. The van der Waals surface area contributed by atoms with E-state index < -0.39 is 0 Å². The maximum Gasteiger partial charge on any atom is 0.271 e. The van der Waals surface area contributed by atoms with Crippen LogP contribution >= 0.6 is 11.8 Å². The minimum absolute atomic E-state index is 0.0879. The predicted molar refractivity (Wildman–Crippen MR) is 87.4 cm³/mol. The first kappa shape index (κ1) is 14.8.